The van der Waals surface area contributed by atoms with Crippen LogP contribution in [0.15, 0.2) is 35.4 Å². The minimum Gasteiger partial charge on any atom is -0.348 e. The van der Waals surface area contributed by atoms with Crippen molar-refractivity contribution >= 4 is 38.6 Å². The quantitative estimate of drug-likeness (QED) is 0.573. The van der Waals surface area contributed by atoms with Crippen molar-refractivity contribution in [3.8, 4) is 0 Å². The Bertz CT molecular complexity index is 1310. The van der Waals surface area contributed by atoms with Crippen molar-refractivity contribution < 1.29 is 13.2 Å². The van der Waals surface area contributed by atoms with Crippen LogP contribution < -0.4 is 15.8 Å². The fourth-order valence-corrected chi connectivity index (χ4v) is 5.41. The summed E-state index contributed by atoms with van der Waals surface area (Å²) >= 11 is 0. The van der Waals surface area contributed by atoms with Gasteiger partial charge in [-0.15, -0.1) is 0 Å². The number of anilines is 2. The molecule has 2 aromatic heterocycles. The third-order valence-corrected chi connectivity index (χ3v) is 7.26. The van der Waals surface area contributed by atoms with Gasteiger partial charge >= 0.3 is 0 Å². The molecule has 1 aromatic carbocycles. The molecule has 1 spiro atoms. The highest BCUT2D eigenvalue weighted by molar-refractivity contribution is 7.89. The van der Waals surface area contributed by atoms with Gasteiger partial charge in [0.05, 0.1) is 11.4 Å². The van der Waals surface area contributed by atoms with Crippen molar-refractivity contribution in [1.29, 1.82) is 0 Å². The SMILES string of the molecule is Cc1cc(S(N)(=O)=O)ccc1Nc1ncc2cc3n(c2n1)C1(CCCCC1)C(=O)NC3. The van der Waals surface area contributed by atoms with E-state index in [1.165, 1.54) is 12.1 Å². The first-order valence-electron chi connectivity index (χ1n) is 10.3. The summed E-state index contributed by atoms with van der Waals surface area (Å²) in [5.74, 6) is 0.455. The molecule has 4 N–H and O–H groups in total. The number of aromatic nitrogens is 3. The molecule has 1 amide bonds. The first-order chi connectivity index (χ1) is 14.8. The van der Waals surface area contributed by atoms with Crippen molar-refractivity contribution in [3.63, 3.8) is 0 Å². The van der Waals surface area contributed by atoms with Gasteiger partial charge in [-0.05, 0) is 49.6 Å². The van der Waals surface area contributed by atoms with Crippen LogP contribution in [0.2, 0.25) is 0 Å². The number of rotatable bonds is 3. The van der Waals surface area contributed by atoms with Crippen LogP contribution in [0.3, 0.4) is 0 Å². The summed E-state index contributed by atoms with van der Waals surface area (Å²) in [6, 6.07) is 6.65. The second kappa shape index (κ2) is 7.03. The molecule has 0 bridgehead atoms. The van der Waals surface area contributed by atoms with E-state index in [2.05, 4.69) is 20.2 Å². The van der Waals surface area contributed by atoms with Gasteiger partial charge in [0.25, 0.3) is 0 Å². The number of benzene rings is 1. The molecule has 3 aromatic rings. The van der Waals surface area contributed by atoms with E-state index in [-0.39, 0.29) is 10.8 Å². The number of nitrogens with two attached hydrogens (primary N) is 1. The van der Waals surface area contributed by atoms with Crippen LogP contribution in [-0.2, 0) is 26.9 Å². The molecule has 9 nitrogen and oxygen atoms in total. The van der Waals surface area contributed by atoms with Crippen molar-refractivity contribution in [2.75, 3.05) is 5.32 Å². The van der Waals surface area contributed by atoms with E-state index in [0.29, 0.717) is 23.7 Å². The van der Waals surface area contributed by atoms with Crippen molar-refractivity contribution in [3.05, 3.63) is 41.7 Å². The molecule has 3 heterocycles. The molecular formula is C21H24N6O3S. The summed E-state index contributed by atoms with van der Waals surface area (Å²) in [7, 11) is -3.77. The fourth-order valence-electron chi connectivity index (χ4n) is 4.81. The zero-order chi connectivity index (χ0) is 21.8. The Morgan fingerprint density at radius 1 is 1.19 bits per heavy atom. The molecule has 31 heavy (non-hydrogen) atoms. The zero-order valence-corrected chi connectivity index (χ0v) is 18.0. The van der Waals surface area contributed by atoms with Gasteiger partial charge in [-0.3, -0.25) is 4.79 Å². The predicted molar refractivity (Wildman–Crippen MR) is 116 cm³/mol. The minimum absolute atomic E-state index is 0.0535. The van der Waals surface area contributed by atoms with E-state index in [1.807, 2.05) is 6.07 Å². The number of carbonyl (C=O) groups is 1. The normalized spacial score (nSPS) is 18.1. The maximum Gasteiger partial charge on any atom is 0.246 e. The van der Waals surface area contributed by atoms with Crippen LogP contribution in [0.25, 0.3) is 11.0 Å². The number of fused-ring (bicyclic) bond motifs is 4. The lowest BCUT2D eigenvalue weighted by Crippen LogP contribution is -2.54. The topological polar surface area (TPSA) is 132 Å². The molecule has 10 heteroatoms. The van der Waals surface area contributed by atoms with Crippen molar-refractivity contribution in [1.82, 2.24) is 19.9 Å². The van der Waals surface area contributed by atoms with Crippen LogP contribution in [0.1, 0.15) is 43.4 Å². The predicted octanol–water partition coefficient (Wildman–Crippen LogP) is 2.42. The lowest BCUT2D eigenvalue weighted by Gasteiger charge is -2.41. The number of sulfonamides is 1. The Balaban J connectivity index is 1.57. The Kier molecular flexibility index (Phi) is 4.52. The van der Waals surface area contributed by atoms with E-state index < -0.39 is 15.6 Å². The number of nitrogens with zero attached hydrogens (tertiary/aromatic N) is 3. The number of aryl methyl sites for hydroxylation is 1. The average Bonchev–Trinajstić information content (AvgIpc) is 3.11. The Hall–Kier alpha value is -2.98. The number of primary sulfonamides is 1. The molecule has 0 unspecified atom stereocenters. The van der Waals surface area contributed by atoms with Gasteiger partial charge < -0.3 is 15.2 Å². The van der Waals surface area contributed by atoms with Crippen LogP contribution in [0, 0.1) is 6.92 Å². The lowest BCUT2D eigenvalue weighted by atomic mass is 9.79. The average molecular weight is 441 g/mol. The minimum atomic E-state index is -3.77. The molecular weight excluding hydrogens is 416 g/mol. The van der Waals surface area contributed by atoms with E-state index >= 15 is 0 Å². The van der Waals surface area contributed by atoms with Gasteiger partial charge in [0, 0.05) is 23.0 Å². The number of amides is 1. The van der Waals surface area contributed by atoms with E-state index in [4.69, 9.17) is 10.1 Å². The summed E-state index contributed by atoms with van der Waals surface area (Å²) in [5.41, 5.74) is 2.57. The Morgan fingerprint density at radius 2 is 1.97 bits per heavy atom. The molecule has 1 fully saturated rings. The zero-order valence-electron chi connectivity index (χ0n) is 17.2. The van der Waals surface area contributed by atoms with Crippen LogP contribution in [0.5, 0.6) is 0 Å². The summed E-state index contributed by atoms with van der Waals surface area (Å²) in [5, 5.41) is 12.3. The van der Waals surface area contributed by atoms with Crippen molar-refractivity contribution in [2.45, 2.75) is 56.0 Å². The first kappa shape index (κ1) is 20.0. The Labute approximate surface area is 180 Å². The lowest BCUT2D eigenvalue weighted by molar-refractivity contribution is -0.133. The second-order valence-electron chi connectivity index (χ2n) is 8.37. The molecule has 0 saturated heterocycles. The molecule has 2 aliphatic rings. The van der Waals surface area contributed by atoms with E-state index in [1.54, 1.807) is 19.2 Å². The summed E-state index contributed by atoms with van der Waals surface area (Å²) < 4.78 is 25.3. The summed E-state index contributed by atoms with van der Waals surface area (Å²) in [6.45, 7) is 2.27. The number of carbonyl (C=O) groups excluding carboxylic acids is 1. The van der Waals surface area contributed by atoms with Gasteiger partial charge in [0.15, 0.2) is 0 Å². The maximum absolute atomic E-state index is 13.0. The van der Waals surface area contributed by atoms with E-state index in [0.717, 1.165) is 48.8 Å². The molecule has 0 atom stereocenters. The van der Waals surface area contributed by atoms with Gasteiger partial charge in [-0.25, -0.2) is 18.5 Å². The van der Waals surface area contributed by atoms with Crippen LogP contribution in [-0.4, -0.2) is 28.9 Å². The fraction of sp³-hybridized carbons (Fsp3) is 0.381. The molecule has 0 radical (unpaired) electrons. The number of hydrogen-bond donors (Lipinski definition) is 3. The van der Waals surface area contributed by atoms with E-state index in [9.17, 15) is 13.2 Å². The molecule has 1 aliphatic heterocycles. The van der Waals surface area contributed by atoms with Gasteiger partial charge in [-0.1, -0.05) is 19.3 Å². The van der Waals surface area contributed by atoms with Gasteiger partial charge in [0.1, 0.15) is 11.2 Å². The highest BCUT2D eigenvalue weighted by Gasteiger charge is 2.45. The molecule has 5 rings (SSSR count). The Morgan fingerprint density at radius 3 is 2.68 bits per heavy atom. The van der Waals surface area contributed by atoms with Crippen molar-refractivity contribution in [2.24, 2.45) is 5.14 Å². The smallest absolute Gasteiger partial charge is 0.246 e. The highest BCUT2D eigenvalue weighted by Crippen LogP contribution is 2.41. The second-order valence-corrected chi connectivity index (χ2v) is 9.93. The molecule has 1 aliphatic carbocycles. The van der Waals surface area contributed by atoms with Gasteiger partial charge in [0.2, 0.25) is 21.9 Å². The van der Waals surface area contributed by atoms with Crippen LogP contribution in [0.4, 0.5) is 11.6 Å². The number of hydrogen-bond acceptors (Lipinski definition) is 6. The summed E-state index contributed by atoms with van der Waals surface area (Å²) in [6.07, 6.45) is 6.52. The van der Waals surface area contributed by atoms with Crippen LogP contribution >= 0.6 is 0 Å². The molecule has 1 saturated carbocycles. The third-order valence-electron chi connectivity index (χ3n) is 6.35. The third kappa shape index (κ3) is 3.26. The maximum atomic E-state index is 13.0. The summed E-state index contributed by atoms with van der Waals surface area (Å²) in [4.78, 5) is 22.2. The monoisotopic (exact) mass is 440 g/mol. The standard InChI is InChI=1S/C21H24N6O3S/c1-13-9-16(31(22,29)30)5-6-17(13)25-20-24-11-14-10-15-12-23-19(28)21(7-3-2-4-8-21)27(15)18(14)26-20/h5-6,9-11H,2-4,7-8,12H2,1H3,(H,23,28)(H2,22,29,30)(H,24,25,26). The number of nitrogens with one attached hydrogen (secondary N) is 2. The molecule has 162 valence electrons. The highest BCUT2D eigenvalue weighted by atomic mass is 32.2. The first-order valence-corrected chi connectivity index (χ1v) is 11.9. The largest absolute Gasteiger partial charge is 0.348 e. The van der Waals surface area contributed by atoms with Gasteiger partial charge in [-0.2, -0.15) is 4.98 Å².